The van der Waals surface area contributed by atoms with Crippen molar-refractivity contribution in [2.24, 2.45) is 0 Å². The molecule has 0 atom stereocenters. The molecule has 0 aromatic carbocycles. The lowest BCUT2D eigenvalue weighted by atomic mass is 10.1. The van der Waals surface area contributed by atoms with E-state index in [4.69, 9.17) is 0 Å². The molecule has 0 aliphatic rings. The summed E-state index contributed by atoms with van der Waals surface area (Å²) in [6.07, 6.45) is 5.31. The predicted molar refractivity (Wildman–Crippen MR) is 76.5 cm³/mol. The smallest absolute Gasteiger partial charge is 0.271 e. The molecule has 108 valence electrons. The lowest BCUT2D eigenvalue weighted by molar-refractivity contribution is 0.0945. The number of imidazole rings is 1. The normalized spacial score (nSPS) is 11.6. The van der Waals surface area contributed by atoms with E-state index in [1.165, 1.54) is 0 Å². The van der Waals surface area contributed by atoms with Gasteiger partial charge >= 0.3 is 0 Å². The van der Waals surface area contributed by atoms with Gasteiger partial charge in [0.05, 0.1) is 11.9 Å². The van der Waals surface area contributed by atoms with E-state index in [2.05, 4.69) is 36.2 Å². The Morgan fingerprint density at radius 2 is 2.15 bits per heavy atom. The highest BCUT2D eigenvalue weighted by atomic mass is 16.1. The highest BCUT2D eigenvalue weighted by Gasteiger charge is 2.19. The third-order valence-corrected chi connectivity index (χ3v) is 2.97. The van der Waals surface area contributed by atoms with Crippen molar-refractivity contribution < 1.29 is 4.79 Å². The fraction of sp³-hybridized carbons (Fsp3) is 0.500. The SMILES string of the molecule is Cc1cc(C(=O)NCCn2ccnc2)nn1C(C)(C)C. The summed E-state index contributed by atoms with van der Waals surface area (Å²) in [7, 11) is 0. The molecule has 0 aliphatic heterocycles. The molecule has 0 saturated carbocycles. The number of rotatable bonds is 4. The summed E-state index contributed by atoms with van der Waals surface area (Å²) in [4.78, 5) is 16.0. The fourth-order valence-electron chi connectivity index (χ4n) is 2.07. The Morgan fingerprint density at radius 1 is 1.40 bits per heavy atom. The van der Waals surface area contributed by atoms with Crippen LogP contribution in [-0.2, 0) is 12.1 Å². The Kier molecular flexibility index (Phi) is 3.92. The molecular formula is C14H21N5O. The molecule has 2 rings (SSSR count). The molecule has 0 saturated heterocycles. The monoisotopic (exact) mass is 275 g/mol. The largest absolute Gasteiger partial charge is 0.349 e. The number of amides is 1. The zero-order chi connectivity index (χ0) is 14.8. The van der Waals surface area contributed by atoms with E-state index in [0.29, 0.717) is 18.8 Å². The second-order valence-electron chi connectivity index (χ2n) is 5.81. The van der Waals surface area contributed by atoms with E-state index in [1.54, 1.807) is 12.5 Å². The molecular weight excluding hydrogens is 254 g/mol. The number of carbonyl (C=O) groups excluding carboxylic acids is 1. The highest BCUT2D eigenvalue weighted by Crippen LogP contribution is 2.16. The van der Waals surface area contributed by atoms with Crippen molar-refractivity contribution in [1.82, 2.24) is 24.6 Å². The van der Waals surface area contributed by atoms with Crippen molar-refractivity contribution in [1.29, 1.82) is 0 Å². The van der Waals surface area contributed by atoms with Gasteiger partial charge in [0, 0.05) is 31.2 Å². The van der Waals surface area contributed by atoms with Gasteiger partial charge in [-0.15, -0.1) is 0 Å². The van der Waals surface area contributed by atoms with Crippen LogP contribution in [0.4, 0.5) is 0 Å². The van der Waals surface area contributed by atoms with E-state index in [-0.39, 0.29) is 11.4 Å². The molecule has 0 radical (unpaired) electrons. The van der Waals surface area contributed by atoms with Crippen molar-refractivity contribution in [3.63, 3.8) is 0 Å². The number of nitrogens with zero attached hydrogens (tertiary/aromatic N) is 4. The number of carbonyl (C=O) groups is 1. The maximum atomic E-state index is 12.1. The van der Waals surface area contributed by atoms with E-state index >= 15 is 0 Å². The highest BCUT2D eigenvalue weighted by molar-refractivity contribution is 5.92. The van der Waals surface area contributed by atoms with Crippen molar-refractivity contribution in [2.75, 3.05) is 6.54 Å². The van der Waals surface area contributed by atoms with E-state index in [0.717, 1.165) is 5.69 Å². The number of aryl methyl sites for hydroxylation is 1. The van der Waals surface area contributed by atoms with E-state index in [9.17, 15) is 4.79 Å². The Balaban J connectivity index is 1.96. The minimum absolute atomic E-state index is 0.126. The number of aromatic nitrogens is 4. The predicted octanol–water partition coefficient (Wildman–Crippen LogP) is 1.57. The second-order valence-corrected chi connectivity index (χ2v) is 5.81. The molecule has 2 aromatic rings. The first-order chi connectivity index (χ1) is 9.38. The van der Waals surface area contributed by atoms with Crippen LogP contribution < -0.4 is 5.32 Å². The van der Waals surface area contributed by atoms with Crippen LogP contribution in [0, 0.1) is 6.92 Å². The standard InChI is InChI=1S/C14H21N5O/c1-11-9-12(17-19(11)14(2,3)4)13(20)16-6-8-18-7-5-15-10-18/h5,7,9-10H,6,8H2,1-4H3,(H,16,20). The van der Waals surface area contributed by atoms with Gasteiger partial charge in [-0.1, -0.05) is 0 Å². The average molecular weight is 275 g/mol. The van der Waals surface area contributed by atoms with Crippen LogP contribution in [0.1, 0.15) is 37.0 Å². The molecule has 1 amide bonds. The van der Waals surface area contributed by atoms with Gasteiger partial charge in [0.25, 0.3) is 5.91 Å². The Bertz CT molecular complexity index is 577. The molecule has 0 aliphatic carbocycles. The van der Waals surface area contributed by atoms with Crippen LogP contribution >= 0.6 is 0 Å². The quantitative estimate of drug-likeness (QED) is 0.921. The third kappa shape index (κ3) is 3.26. The summed E-state index contributed by atoms with van der Waals surface area (Å²) in [6, 6.07) is 1.82. The fourth-order valence-corrected chi connectivity index (χ4v) is 2.07. The molecule has 0 spiro atoms. The minimum atomic E-state index is -0.142. The summed E-state index contributed by atoms with van der Waals surface area (Å²) in [6.45, 7) is 9.40. The number of hydrogen-bond acceptors (Lipinski definition) is 3. The summed E-state index contributed by atoms with van der Waals surface area (Å²) in [5.41, 5.74) is 1.32. The molecule has 6 heteroatoms. The van der Waals surface area contributed by atoms with Crippen molar-refractivity contribution >= 4 is 5.91 Å². The summed E-state index contributed by atoms with van der Waals surface area (Å²) in [5, 5.41) is 7.25. The van der Waals surface area contributed by atoms with Crippen LogP contribution in [0.3, 0.4) is 0 Å². The first-order valence-corrected chi connectivity index (χ1v) is 6.69. The van der Waals surface area contributed by atoms with Gasteiger partial charge in [-0.2, -0.15) is 5.10 Å². The van der Waals surface area contributed by atoms with Crippen molar-refractivity contribution in [3.8, 4) is 0 Å². The molecule has 20 heavy (non-hydrogen) atoms. The minimum Gasteiger partial charge on any atom is -0.349 e. The number of nitrogens with one attached hydrogen (secondary N) is 1. The molecule has 0 unspecified atom stereocenters. The summed E-state index contributed by atoms with van der Waals surface area (Å²) >= 11 is 0. The molecule has 2 aromatic heterocycles. The van der Waals surface area contributed by atoms with E-state index < -0.39 is 0 Å². The second kappa shape index (κ2) is 5.48. The molecule has 0 fully saturated rings. The van der Waals surface area contributed by atoms with Crippen molar-refractivity contribution in [3.05, 3.63) is 36.2 Å². The van der Waals surface area contributed by atoms with Gasteiger partial charge in [-0.3, -0.25) is 9.48 Å². The molecule has 2 heterocycles. The van der Waals surface area contributed by atoms with Crippen LogP contribution in [-0.4, -0.2) is 31.8 Å². The van der Waals surface area contributed by atoms with E-state index in [1.807, 2.05) is 28.4 Å². The van der Waals surface area contributed by atoms with Crippen LogP contribution in [0.2, 0.25) is 0 Å². The number of hydrogen-bond donors (Lipinski definition) is 1. The summed E-state index contributed by atoms with van der Waals surface area (Å²) in [5.74, 6) is -0.142. The van der Waals surface area contributed by atoms with Gasteiger partial charge in [0.2, 0.25) is 0 Å². The Labute approximate surface area is 118 Å². The lowest BCUT2D eigenvalue weighted by Gasteiger charge is -2.21. The summed E-state index contributed by atoms with van der Waals surface area (Å²) < 4.78 is 3.79. The van der Waals surface area contributed by atoms with Crippen LogP contribution in [0.25, 0.3) is 0 Å². The molecule has 1 N–H and O–H groups in total. The maximum Gasteiger partial charge on any atom is 0.271 e. The Hall–Kier alpha value is -2.11. The zero-order valence-corrected chi connectivity index (χ0v) is 12.4. The Morgan fingerprint density at radius 3 is 2.70 bits per heavy atom. The third-order valence-electron chi connectivity index (χ3n) is 2.97. The van der Waals surface area contributed by atoms with Gasteiger partial charge in [-0.25, -0.2) is 4.98 Å². The van der Waals surface area contributed by atoms with Gasteiger partial charge in [0.15, 0.2) is 0 Å². The zero-order valence-electron chi connectivity index (χ0n) is 12.4. The van der Waals surface area contributed by atoms with Crippen LogP contribution in [0.15, 0.2) is 24.8 Å². The maximum absolute atomic E-state index is 12.1. The lowest BCUT2D eigenvalue weighted by Crippen LogP contribution is -2.29. The van der Waals surface area contributed by atoms with Crippen LogP contribution in [0.5, 0.6) is 0 Å². The van der Waals surface area contributed by atoms with Gasteiger partial charge < -0.3 is 9.88 Å². The molecule has 6 nitrogen and oxygen atoms in total. The topological polar surface area (TPSA) is 64.7 Å². The van der Waals surface area contributed by atoms with Gasteiger partial charge in [-0.05, 0) is 33.8 Å². The average Bonchev–Trinajstić information content (AvgIpc) is 2.97. The first kappa shape index (κ1) is 14.3. The van der Waals surface area contributed by atoms with Crippen molar-refractivity contribution in [2.45, 2.75) is 39.8 Å². The van der Waals surface area contributed by atoms with Gasteiger partial charge in [0.1, 0.15) is 5.69 Å². The first-order valence-electron chi connectivity index (χ1n) is 6.69. The molecule has 0 bridgehead atoms.